The second-order valence-electron chi connectivity index (χ2n) is 3.77. The first kappa shape index (κ1) is 10.9. The third-order valence-corrected chi connectivity index (χ3v) is 3.97. The molecular formula is C11H12INO2. The van der Waals surface area contributed by atoms with E-state index in [0.29, 0.717) is 6.54 Å². The predicted molar refractivity (Wildman–Crippen MR) is 66.9 cm³/mol. The molecular weight excluding hydrogens is 305 g/mol. The molecule has 1 N–H and O–H groups in total. The maximum atomic E-state index is 11.6. The largest absolute Gasteiger partial charge is 0.391 e. The highest BCUT2D eigenvalue weighted by atomic mass is 127. The average molecular weight is 317 g/mol. The molecule has 0 radical (unpaired) electrons. The van der Waals surface area contributed by atoms with Gasteiger partial charge in [0.15, 0.2) is 0 Å². The lowest BCUT2D eigenvalue weighted by Crippen LogP contribution is -2.26. The van der Waals surface area contributed by atoms with E-state index in [0.717, 1.165) is 14.8 Å². The lowest BCUT2D eigenvalue weighted by molar-refractivity contribution is -0.117. The highest BCUT2D eigenvalue weighted by molar-refractivity contribution is 14.1. The molecule has 1 heterocycles. The van der Waals surface area contributed by atoms with Crippen LogP contribution in [0.15, 0.2) is 18.2 Å². The number of carbonyl (C=O) groups is 1. The van der Waals surface area contributed by atoms with E-state index in [4.69, 9.17) is 0 Å². The summed E-state index contributed by atoms with van der Waals surface area (Å²) in [6, 6.07) is 5.87. The highest BCUT2D eigenvalue weighted by Gasteiger charge is 2.30. The summed E-state index contributed by atoms with van der Waals surface area (Å²) < 4.78 is 1.08. The third kappa shape index (κ3) is 2.01. The number of halogens is 1. The summed E-state index contributed by atoms with van der Waals surface area (Å²) in [5.41, 5.74) is 2.07. The fraction of sp³-hybridized carbons (Fsp3) is 0.364. The Balaban J connectivity index is 2.38. The normalized spacial score (nSPS) is 21.1. The van der Waals surface area contributed by atoms with Gasteiger partial charge in [0.25, 0.3) is 0 Å². The smallest absolute Gasteiger partial charge is 0.229 e. The van der Waals surface area contributed by atoms with E-state index in [1.54, 1.807) is 4.90 Å². The van der Waals surface area contributed by atoms with Crippen LogP contribution in [0.1, 0.15) is 12.0 Å². The van der Waals surface area contributed by atoms with Gasteiger partial charge < -0.3 is 10.0 Å². The summed E-state index contributed by atoms with van der Waals surface area (Å²) in [7, 11) is 0. The van der Waals surface area contributed by atoms with Gasteiger partial charge in [0.2, 0.25) is 5.91 Å². The lowest BCUT2D eigenvalue weighted by Gasteiger charge is -2.18. The van der Waals surface area contributed by atoms with Crippen molar-refractivity contribution in [2.45, 2.75) is 19.4 Å². The highest BCUT2D eigenvalue weighted by Crippen LogP contribution is 2.28. The molecule has 80 valence electrons. The van der Waals surface area contributed by atoms with Gasteiger partial charge in [-0.05, 0) is 41.1 Å². The Hall–Kier alpha value is -0.620. The van der Waals surface area contributed by atoms with Gasteiger partial charge in [-0.15, -0.1) is 0 Å². The summed E-state index contributed by atoms with van der Waals surface area (Å²) in [5, 5.41) is 9.43. The first-order chi connectivity index (χ1) is 7.09. The first-order valence-corrected chi connectivity index (χ1v) is 5.91. The standard InChI is InChI=1S/C11H12INO2/c1-7-3-2-4-9(11(7)12)13-6-8(14)5-10(13)15/h2-4,8,14H,5-6H2,1H3. The summed E-state index contributed by atoms with van der Waals surface area (Å²) in [4.78, 5) is 13.3. The second kappa shape index (κ2) is 4.09. The SMILES string of the molecule is Cc1cccc(N2CC(O)CC2=O)c1I. The van der Waals surface area contributed by atoms with Gasteiger partial charge in [-0.3, -0.25) is 4.79 Å². The van der Waals surface area contributed by atoms with Gasteiger partial charge >= 0.3 is 0 Å². The summed E-state index contributed by atoms with van der Waals surface area (Å²) in [5.74, 6) is 0.00557. The number of carbonyl (C=O) groups excluding carboxylic acids is 1. The van der Waals surface area contributed by atoms with E-state index in [1.807, 2.05) is 25.1 Å². The number of benzene rings is 1. The molecule has 0 aliphatic carbocycles. The third-order valence-electron chi connectivity index (χ3n) is 2.57. The van der Waals surface area contributed by atoms with Crippen molar-refractivity contribution in [2.75, 3.05) is 11.4 Å². The van der Waals surface area contributed by atoms with Crippen LogP contribution in [0.25, 0.3) is 0 Å². The van der Waals surface area contributed by atoms with Crippen LogP contribution in [0.2, 0.25) is 0 Å². The van der Waals surface area contributed by atoms with Crippen LogP contribution in [-0.4, -0.2) is 23.7 Å². The molecule has 0 aromatic heterocycles. The van der Waals surface area contributed by atoms with Crippen molar-refractivity contribution in [1.82, 2.24) is 0 Å². The zero-order valence-electron chi connectivity index (χ0n) is 8.40. The lowest BCUT2D eigenvalue weighted by atomic mass is 10.2. The fourth-order valence-electron chi connectivity index (χ4n) is 1.76. The van der Waals surface area contributed by atoms with Gasteiger partial charge in [-0.25, -0.2) is 0 Å². The first-order valence-electron chi connectivity index (χ1n) is 4.83. The minimum absolute atomic E-state index is 0.00557. The molecule has 2 rings (SSSR count). The van der Waals surface area contributed by atoms with Crippen molar-refractivity contribution in [3.05, 3.63) is 27.3 Å². The Labute approximate surface area is 102 Å². The van der Waals surface area contributed by atoms with Gasteiger partial charge in [-0.1, -0.05) is 12.1 Å². The van der Waals surface area contributed by atoms with E-state index in [2.05, 4.69) is 22.6 Å². The molecule has 1 aliphatic heterocycles. The molecule has 4 heteroatoms. The Bertz CT molecular complexity index is 406. The molecule has 1 amide bonds. The zero-order valence-corrected chi connectivity index (χ0v) is 10.6. The minimum atomic E-state index is -0.520. The van der Waals surface area contributed by atoms with E-state index in [-0.39, 0.29) is 12.3 Å². The molecule has 1 aliphatic rings. The Kier molecular flexibility index (Phi) is 2.97. The van der Waals surface area contributed by atoms with Crippen LogP contribution < -0.4 is 4.90 Å². The number of amides is 1. The molecule has 1 fully saturated rings. The maximum Gasteiger partial charge on any atom is 0.229 e. The average Bonchev–Trinajstić information content (AvgIpc) is 2.50. The topological polar surface area (TPSA) is 40.5 Å². The Morgan fingerprint density at radius 2 is 2.27 bits per heavy atom. The van der Waals surface area contributed by atoms with Crippen molar-refractivity contribution in [1.29, 1.82) is 0 Å². The second-order valence-corrected chi connectivity index (χ2v) is 4.85. The predicted octanol–water partition coefficient (Wildman–Crippen LogP) is 1.70. The molecule has 3 nitrogen and oxygen atoms in total. The van der Waals surface area contributed by atoms with E-state index < -0.39 is 6.10 Å². The van der Waals surface area contributed by atoms with Crippen molar-refractivity contribution in [3.63, 3.8) is 0 Å². The van der Waals surface area contributed by atoms with Crippen molar-refractivity contribution in [3.8, 4) is 0 Å². The number of β-amino-alcohol motifs (C(OH)–C–C–N with tert-alkyl or cyclic N) is 1. The molecule has 15 heavy (non-hydrogen) atoms. The summed E-state index contributed by atoms with van der Waals surface area (Å²) in [6.45, 7) is 2.43. The van der Waals surface area contributed by atoms with Crippen molar-refractivity contribution < 1.29 is 9.90 Å². The number of rotatable bonds is 1. The molecule has 1 unspecified atom stereocenters. The minimum Gasteiger partial charge on any atom is -0.391 e. The molecule has 1 atom stereocenters. The van der Waals surface area contributed by atoms with Crippen LogP contribution in [-0.2, 0) is 4.79 Å². The van der Waals surface area contributed by atoms with Gasteiger partial charge in [0, 0.05) is 3.57 Å². The van der Waals surface area contributed by atoms with Gasteiger partial charge in [0.1, 0.15) is 0 Å². The van der Waals surface area contributed by atoms with Crippen LogP contribution >= 0.6 is 22.6 Å². The maximum absolute atomic E-state index is 11.6. The zero-order chi connectivity index (χ0) is 11.0. The van der Waals surface area contributed by atoms with E-state index in [9.17, 15) is 9.90 Å². The number of anilines is 1. The number of aryl methyl sites for hydroxylation is 1. The van der Waals surface area contributed by atoms with Gasteiger partial charge in [-0.2, -0.15) is 0 Å². The molecule has 0 spiro atoms. The van der Waals surface area contributed by atoms with E-state index >= 15 is 0 Å². The Morgan fingerprint density at radius 3 is 2.87 bits per heavy atom. The number of hydrogen-bond acceptors (Lipinski definition) is 2. The van der Waals surface area contributed by atoms with Crippen LogP contribution in [0.3, 0.4) is 0 Å². The van der Waals surface area contributed by atoms with E-state index in [1.165, 1.54) is 0 Å². The van der Waals surface area contributed by atoms with Crippen molar-refractivity contribution in [2.24, 2.45) is 0 Å². The molecule has 0 bridgehead atoms. The fourth-order valence-corrected chi connectivity index (χ4v) is 2.41. The van der Waals surface area contributed by atoms with Crippen molar-refractivity contribution >= 4 is 34.2 Å². The Morgan fingerprint density at radius 1 is 1.53 bits per heavy atom. The quantitative estimate of drug-likeness (QED) is 0.801. The number of aliphatic hydroxyl groups excluding tert-OH is 1. The molecule has 1 saturated heterocycles. The van der Waals surface area contributed by atoms with Crippen LogP contribution in [0, 0.1) is 10.5 Å². The monoisotopic (exact) mass is 317 g/mol. The summed E-state index contributed by atoms with van der Waals surface area (Å²) in [6.07, 6.45) is -0.280. The molecule has 1 aromatic carbocycles. The number of hydrogen-bond donors (Lipinski definition) is 1. The molecule has 1 aromatic rings. The number of nitrogens with zero attached hydrogens (tertiary/aromatic N) is 1. The number of aliphatic hydroxyl groups is 1. The molecule has 0 saturated carbocycles. The van der Waals surface area contributed by atoms with Crippen LogP contribution in [0.5, 0.6) is 0 Å². The summed E-state index contributed by atoms with van der Waals surface area (Å²) >= 11 is 2.24. The van der Waals surface area contributed by atoms with Gasteiger partial charge in [0.05, 0.1) is 24.8 Å². The van der Waals surface area contributed by atoms with Crippen LogP contribution in [0.4, 0.5) is 5.69 Å².